The molecule has 0 aliphatic rings. The quantitative estimate of drug-likeness (QED) is 0.247. The van der Waals surface area contributed by atoms with Crippen LogP contribution in [0.1, 0.15) is 0 Å². The number of rotatable bonds is 3. The topological polar surface area (TPSA) is 82.5 Å². The standard InChI is InChI=1S/C26H15NO5S/c1-30-22-8-4-6-15-11-19(26(29)32-23(15)22)24-27-20(13-33-24)18-12-17-16-7-3-2-5-14(16)9-10-21(17)31-25(18)28/h2-13H,1H3. The number of benzene rings is 3. The first-order valence-corrected chi connectivity index (χ1v) is 11.0. The molecule has 0 aliphatic carbocycles. The van der Waals surface area contributed by atoms with Crippen molar-refractivity contribution in [3.05, 3.63) is 93.0 Å². The van der Waals surface area contributed by atoms with Crippen molar-refractivity contribution in [2.75, 3.05) is 7.11 Å². The number of thiazole rings is 1. The van der Waals surface area contributed by atoms with Gasteiger partial charge in [0.05, 0.1) is 23.9 Å². The Labute approximate surface area is 190 Å². The monoisotopic (exact) mass is 453 g/mol. The summed E-state index contributed by atoms with van der Waals surface area (Å²) in [5.41, 5.74) is 1.00. The molecule has 3 heterocycles. The lowest BCUT2D eigenvalue weighted by Crippen LogP contribution is -2.04. The highest BCUT2D eigenvalue weighted by Gasteiger charge is 2.17. The lowest BCUT2D eigenvalue weighted by molar-refractivity contribution is 0.407. The van der Waals surface area contributed by atoms with Crippen LogP contribution < -0.4 is 16.0 Å². The zero-order valence-electron chi connectivity index (χ0n) is 17.3. The summed E-state index contributed by atoms with van der Waals surface area (Å²) in [7, 11) is 1.52. The van der Waals surface area contributed by atoms with E-state index in [0.717, 1.165) is 21.5 Å². The zero-order chi connectivity index (χ0) is 22.5. The van der Waals surface area contributed by atoms with Crippen molar-refractivity contribution in [3.63, 3.8) is 0 Å². The molecule has 0 N–H and O–H groups in total. The predicted octanol–water partition coefficient (Wildman–Crippen LogP) is 5.85. The molecular weight excluding hydrogens is 438 g/mol. The minimum Gasteiger partial charge on any atom is -0.493 e. The fourth-order valence-corrected chi connectivity index (χ4v) is 4.82. The largest absolute Gasteiger partial charge is 0.493 e. The van der Waals surface area contributed by atoms with E-state index in [1.54, 1.807) is 29.6 Å². The third-order valence-corrected chi connectivity index (χ3v) is 6.47. The summed E-state index contributed by atoms with van der Waals surface area (Å²) < 4.78 is 16.4. The molecular formula is C26H15NO5S. The molecule has 33 heavy (non-hydrogen) atoms. The highest BCUT2D eigenvalue weighted by Crippen LogP contribution is 2.32. The number of para-hydroxylation sites is 1. The van der Waals surface area contributed by atoms with E-state index >= 15 is 0 Å². The van der Waals surface area contributed by atoms with Gasteiger partial charge in [-0.15, -0.1) is 11.3 Å². The number of fused-ring (bicyclic) bond motifs is 4. The van der Waals surface area contributed by atoms with Crippen LogP contribution >= 0.6 is 11.3 Å². The van der Waals surface area contributed by atoms with Crippen molar-refractivity contribution < 1.29 is 13.6 Å². The molecule has 3 aromatic heterocycles. The SMILES string of the molecule is COc1cccc2cc(-c3nc(-c4cc5c(ccc6ccccc65)oc4=O)cs3)c(=O)oc12. The number of nitrogens with zero attached hydrogens (tertiary/aromatic N) is 1. The van der Waals surface area contributed by atoms with Gasteiger partial charge in [0, 0.05) is 16.2 Å². The van der Waals surface area contributed by atoms with Crippen LogP contribution in [0.15, 0.2) is 90.5 Å². The second-order valence-corrected chi connectivity index (χ2v) is 8.37. The van der Waals surface area contributed by atoms with Crippen LogP contribution in [0.2, 0.25) is 0 Å². The summed E-state index contributed by atoms with van der Waals surface area (Å²) in [6.07, 6.45) is 0. The van der Waals surface area contributed by atoms with E-state index in [-0.39, 0.29) is 0 Å². The van der Waals surface area contributed by atoms with Crippen molar-refractivity contribution in [2.45, 2.75) is 0 Å². The van der Waals surface area contributed by atoms with Gasteiger partial charge >= 0.3 is 11.3 Å². The number of hydrogen-bond donors (Lipinski definition) is 0. The van der Waals surface area contributed by atoms with Gasteiger partial charge < -0.3 is 13.6 Å². The van der Waals surface area contributed by atoms with Gasteiger partial charge in [-0.05, 0) is 35.0 Å². The molecule has 0 spiro atoms. The molecule has 6 aromatic rings. The molecule has 0 unspecified atom stereocenters. The van der Waals surface area contributed by atoms with Crippen LogP contribution in [-0.2, 0) is 0 Å². The number of hydrogen-bond acceptors (Lipinski definition) is 7. The summed E-state index contributed by atoms with van der Waals surface area (Å²) >= 11 is 1.26. The molecule has 3 aromatic carbocycles. The zero-order valence-corrected chi connectivity index (χ0v) is 18.1. The van der Waals surface area contributed by atoms with Gasteiger partial charge in [0.2, 0.25) is 0 Å². The Balaban J connectivity index is 1.51. The number of ether oxygens (including phenoxy) is 1. The fourth-order valence-electron chi connectivity index (χ4n) is 4.00. The van der Waals surface area contributed by atoms with Crippen molar-refractivity contribution in [1.82, 2.24) is 4.98 Å². The molecule has 0 bridgehead atoms. The van der Waals surface area contributed by atoms with Crippen LogP contribution in [0, 0.1) is 0 Å². The number of aromatic nitrogens is 1. The van der Waals surface area contributed by atoms with Crippen molar-refractivity contribution >= 4 is 44.0 Å². The van der Waals surface area contributed by atoms with E-state index in [0.29, 0.717) is 38.7 Å². The van der Waals surface area contributed by atoms with E-state index < -0.39 is 11.3 Å². The first kappa shape index (κ1) is 19.5. The van der Waals surface area contributed by atoms with E-state index in [1.165, 1.54) is 18.4 Å². The maximum absolute atomic E-state index is 12.7. The third-order valence-electron chi connectivity index (χ3n) is 5.60. The molecule has 0 saturated heterocycles. The molecule has 0 fully saturated rings. The van der Waals surface area contributed by atoms with Gasteiger partial charge in [0.1, 0.15) is 10.6 Å². The lowest BCUT2D eigenvalue weighted by Gasteiger charge is -2.05. The Morgan fingerprint density at radius 2 is 1.64 bits per heavy atom. The molecule has 0 amide bonds. The predicted molar refractivity (Wildman–Crippen MR) is 129 cm³/mol. The molecule has 6 rings (SSSR count). The summed E-state index contributed by atoms with van der Waals surface area (Å²) in [6.45, 7) is 0. The molecule has 0 radical (unpaired) electrons. The fraction of sp³-hybridized carbons (Fsp3) is 0.0385. The van der Waals surface area contributed by atoms with Gasteiger partial charge in [0.25, 0.3) is 0 Å². The first-order chi connectivity index (χ1) is 16.1. The van der Waals surface area contributed by atoms with E-state index in [2.05, 4.69) is 4.98 Å². The molecule has 6 nitrogen and oxygen atoms in total. The smallest absolute Gasteiger partial charge is 0.346 e. The van der Waals surface area contributed by atoms with Crippen LogP contribution in [0.4, 0.5) is 0 Å². The Kier molecular flexibility index (Phi) is 4.38. The lowest BCUT2D eigenvalue weighted by atomic mass is 10.0. The van der Waals surface area contributed by atoms with Crippen LogP contribution in [0.5, 0.6) is 5.75 Å². The van der Waals surface area contributed by atoms with Gasteiger partial charge in [0.15, 0.2) is 11.3 Å². The molecule has 160 valence electrons. The molecule has 7 heteroatoms. The Morgan fingerprint density at radius 1 is 0.818 bits per heavy atom. The van der Waals surface area contributed by atoms with E-state index in [9.17, 15) is 9.59 Å². The minimum atomic E-state index is -0.524. The maximum Gasteiger partial charge on any atom is 0.346 e. The Morgan fingerprint density at radius 3 is 2.52 bits per heavy atom. The van der Waals surface area contributed by atoms with Gasteiger partial charge in [-0.2, -0.15) is 0 Å². The Bertz CT molecular complexity index is 1810. The summed E-state index contributed by atoms with van der Waals surface area (Å²) in [6, 6.07) is 20.5. The highest BCUT2D eigenvalue weighted by atomic mass is 32.1. The normalized spacial score (nSPS) is 11.4. The third kappa shape index (κ3) is 3.13. The number of methoxy groups -OCH3 is 1. The van der Waals surface area contributed by atoms with Crippen molar-refractivity contribution in [1.29, 1.82) is 0 Å². The van der Waals surface area contributed by atoms with Crippen LogP contribution in [0.25, 0.3) is 54.5 Å². The Hall–Kier alpha value is -4.23. The van der Waals surface area contributed by atoms with E-state index in [4.69, 9.17) is 13.6 Å². The molecule has 0 saturated carbocycles. The summed E-state index contributed by atoms with van der Waals surface area (Å²) in [4.78, 5) is 30.0. The van der Waals surface area contributed by atoms with Crippen LogP contribution in [0.3, 0.4) is 0 Å². The summed E-state index contributed by atoms with van der Waals surface area (Å²) in [5.74, 6) is 0.483. The molecule has 0 atom stereocenters. The van der Waals surface area contributed by atoms with Gasteiger partial charge in [-0.1, -0.05) is 42.5 Å². The van der Waals surface area contributed by atoms with Crippen molar-refractivity contribution in [3.8, 4) is 27.6 Å². The average molecular weight is 453 g/mol. The van der Waals surface area contributed by atoms with Crippen molar-refractivity contribution in [2.24, 2.45) is 0 Å². The molecule has 0 aliphatic heterocycles. The maximum atomic E-state index is 12.7. The van der Waals surface area contributed by atoms with Gasteiger partial charge in [-0.25, -0.2) is 14.6 Å². The second-order valence-electron chi connectivity index (χ2n) is 7.51. The second kappa shape index (κ2) is 7.43. The van der Waals surface area contributed by atoms with Gasteiger partial charge in [-0.3, -0.25) is 0 Å². The highest BCUT2D eigenvalue weighted by molar-refractivity contribution is 7.13. The van der Waals surface area contributed by atoms with E-state index in [1.807, 2.05) is 42.5 Å². The first-order valence-electron chi connectivity index (χ1n) is 10.1. The average Bonchev–Trinajstić information content (AvgIpc) is 3.32. The summed E-state index contributed by atoms with van der Waals surface area (Å²) in [5, 5.41) is 5.79. The minimum absolute atomic E-state index is 0.322. The van der Waals surface area contributed by atoms with Crippen LogP contribution in [-0.4, -0.2) is 12.1 Å².